The van der Waals surface area contributed by atoms with Gasteiger partial charge < -0.3 is 14.5 Å². The fourth-order valence-electron chi connectivity index (χ4n) is 3.50. The minimum atomic E-state index is -3.56. The van der Waals surface area contributed by atoms with Crippen LogP contribution in [-0.2, 0) is 21.2 Å². The van der Waals surface area contributed by atoms with Crippen LogP contribution >= 0.6 is 0 Å². The summed E-state index contributed by atoms with van der Waals surface area (Å²) < 4.78 is 37.5. The maximum Gasteiger partial charge on any atom is 0.243 e. The number of methoxy groups -OCH3 is 1. The SMILES string of the molecule is COc1ccc(S(=O)(=O)N2CCC(C(=O)NC(C)CCc3ccco3)CC2)cc1. The predicted molar refractivity (Wildman–Crippen MR) is 109 cm³/mol. The van der Waals surface area contributed by atoms with Gasteiger partial charge in [-0.2, -0.15) is 4.31 Å². The lowest BCUT2D eigenvalue weighted by Crippen LogP contribution is -2.44. The van der Waals surface area contributed by atoms with Crippen LogP contribution in [0.1, 0.15) is 31.9 Å². The van der Waals surface area contributed by atoms with Crippen LogP contribution in [0.5, 0.6) is 5.75 Å². The Morgan fingerprint density at radius 3 is 2.52 bits per heavy atom. The molecule has 2 aromatic rings. The molecule has 0 spiro atoms. The Balaban J connectivity index is 1.49. The smallest absolute Gasteiger partial charge is 0.243 e. The quantitative estimate of drug-likeness (QED) is 0.709. The molecule has 1 unspecified atom stereocenters. The van der Waals surface area contributed by atoms with Crippen LogP contribution in [0.25, 0.3) is 0 Å². The number of ether oxygens (including phenoxy) is 1. The van der Waals surface area contributed by atoms with Gasteiger partial charge in [0, 0.05) is 31.5 Å². The third-order valence-electron chi connectivity index (χ3n) is 5.31. The first-order valence-corrected chi connectivity index (χ1v) is 11.3. The molecular formula is C21H28N2O5S. The third kappa shape index (κ3) is 5.39. The number of hydrogen-bond acceptors (Lipinski definition) is 5. The summed E-state index contributed by atoms with van der Waals surface area (Å²) in [7, 11) is -2.02. The second kappa shape index (κ2) is 9.45. The van der Waals surface area contributed by atoms with Gasteiger partial charge in [-0.05, 0) is 62.6 Å². The highest BCUT2D eigenvalue weighted by Gasteiger charge is 2.32. The normalized spacial score (nSPS) is 17.0. The minimum absolute atomic E-state index is 0.00144. The monoisotopic (exact) mass is 420 g/mol. The van der Waals surface area contributed by atoms with Gasteiger partial charge in [0.2, 0.25) is 15.9 Å². The number of carbonyl (C=O) groups is 1. The summed E-state index contributed by atoms with van der Waals surface area (Å²) in [5.41, 5.74) is 0. The van der Waals surface area contributed by atoms with Gasteiger partial charge in [0.15, 0.2) is 0 Å². The molecule has 3 rings (SSSR count). The van der Waals surface area contributed by atoms with Gasteiger partial charge in [-0.3, -0.25) is 4.79 Å². The summed E-state index contributed by atoms with van der Waals surface area (Å²) in [5.74, 6) is 1.35. The van der Waals surface area contributed by atoms with E-state index in [9.17, 15) is 13.2 Å². The molecule has 0 bridgehead atoms. The average Bonchev–Trinajstić information content (AvgIpc) is 3.26. The highest BCUT2D eigenvalue weighted by Crippen LogP contribution is 2.25. The Morgan fingerprint density at radius 1 is 1.24 bits per heavy atom. The summed E-state index contributed by atoms with van der Waals surface area (Å²) in [4.78, 5) is 12.8. The van der Waals surface area contributed by atoms with E-state index in [0.29, 0.717) is 31.7 Å². The number of benzene rings is 1. The molecule has 1 aromatic heterocycles. The highest BCUT2D eigenvalue weighted by atomic mass is 32.2. The van der Waals surface area contributed by atoms with E-state index in [1.165, 1.54) is 11.4 Å². The Kier molecular flexibility index (Phi) is 6.97. The third-order valence-corrected chi connectivity index (χ3v) is 7.23. The maximum absolute atomic E-state index is 12.8. The Hall–Kier alpha value is -2.32. The first kappa shape index (κ1) is 21.4. The molecule has 29 heavy (non-hydrogen) atoms. The standard InChI is InChI=1S/C21H28N2O5S/c1-16(5-6-19-4-3-15-28-19)22-21(24)17-11-13-23(14-12-17)29(25,26)20-9-7-18(27-2)8-10-20/h3-4,7-10,15-17H,5-6,11-14H2,1-2H3,(H,22,24). The van der Waals surface area contributed by atoms with Gasteiger partial charge in [0.25, 0.3) is 0 Å². The van der Waals surface area contributed by atoms with Crippen molar-refractivity contribution in [2.45, 2.75) is 43.5 Å². The fourth-order valence-corrected chi connectivity index (χ4v) is 4.97. The summed E-state index contributed by atoms with van der Waals surface area (Å²) in [6, 6.07) is 10.2. The Morgan fingerprint density at radius 2 is 1.93 bits per heavy atom. The molecule has 1 fully saturated rings. The van der Waals surface area contributed by atoms with Crippen LogP contribution in [0, 0.1) is 5.92 Å². The van der Waals surface area contributed by atoms with Gasteiger partial charge in [-0.15, -0.1) is 0 Å². The highest BCUT2D eigenvalue weighted by molar-refractivity contribution is 7.89. The molecule has 0 saturated carbocycles. The van der Waals surface area contributed by atoms with Crippen LogP contribution in [0.4, 0.5) is 0 Å². The van der Waals surface area contributed by atoms with E-state index < -0.39 is 10.0 Å². The van der Waals surface area contributed by atoms with Crippen molar-refractivity contribution >= 4 is 15.9 Å². The van der Waals surface area contributed by atoms with Crippen molar-refractivity contribution in [3.8, 4) is 5.75 Å². The van der Waals surface area contributed by atoms with Crippen LogP contribution in [0.3, 0.4) is 0 Å². The maximum atomic E-state index is 12.8. The summed E-state index contributed by atoms with van der Waals surface area (Å²) >= 11 is 0. The molecule has 1 aromatic carbocycles. The van der Waals surface area contributed by atoms with Crippen molar-refractivity contribution in [2.24, 2.45) is 5.92 Å². The number of furan rings is 1. The number of aryl methyl sites for hydroxylation is 1. The van der Waals surface area contributed by atoms with E-state index in [0.717, 1.165) is 18.6 Å². The van der Waals surface area contributed by atoms with Gasteiger partial charge in [0.05, 0.1) is 18.3 Å². The van der Waals surface area contributed by atoms with E-state index in [-0.39, 0.29) is 22.8 Å². The van der Waals surface area contributed by atoms with E-state index in [1.54, 1.807) is 30.5 Å². The first-order chi connectivity index (χ1) is 13.9. The second-order valence-corrected chi connectivity index (χ2v) is 9.32. The number of nitrogens with zero attached hydrogens (tertiary/aromatic N) is 1. The van der Waals surface area contributed by atoms with Crippen LogP contribution in [0.15, 0.2) is 52.0 Å². The van der Waals surface area contributed by atoms with Crippen molar-refractivity contribution < 1.29 is 22.4 Å². The molecule has 158 valence electrons. The number of hydrogen-bond donors (Lipinski definition) is 1. The van der Waals surface area contributed by atoms with E-state index in [4.69, 9.17) is 9.15 Å². The number of carbonyl (C=O) groups excluding carboxylic acids is 1. The van der Waals surface area contributed by atoms with Crippen LogP contribution in [0.2, 0.25) is 0 Å². The zero-order chi connectivity index (χ0) is 20.9. The number of rotatable bonds is 8. The molecule has 0 aliphatic carbocycles. The number of piperidine rings is 1. The summed E-state index contributed by atoms with van der Waals surface area (Å²) in [6.07, 6.45) is 4.25. The largest absolute Gasteiger partial charge is 0.497 e. The molecule has 0 radical (unpaired) electrons. The van der Waals surface area contributed by atoms with Gasteiger partial charge in [-0.25, -0.2) is 8.42 Å². The molecule has 1 atom stereocenters. The first-order valence-electron chi connectivity index (χ1n) is 9.87. The lowest BCUT2D eigenvalue weighted by Gasteiger charge is -2.31. The average molecular weight is 421 g/mol. The summed E-state index contributed by atoms with van der Waals surface area (Å²) in [6.45, 7) is 2.66. The van der Waals surface area contributed by atoms with Gasteiger partial charge in [-0.1, -0.05) is 0 Å². The van der Waals surface area contributed by atoms with Gasteiger partial charge in [0.1, 0.15) is 11.5 Å². The predicted octanol–water partition coefficient (Wildman–Crippen LogP) is 2.83. The molecule has 1 N–H and O–H groups in total. The van der Waals surface area contributed by atoms with Crippen molar-refractivity contribution in [1.29, 1.82) is 0 Å². The van der Waals surface area contributed by atoms with Gasteiger partial charge >= 0.3 is 0 Å². The molecule has 1 amide bonds. The fraction of sp³-hybridized carbons (Fsp3) is 0.476. The van der Waals surface area contributed by atoms with Crippen LogP contribution in [-0.4, -0.2) is 44.9 Å². The number of nitrogens with one attached hydrogen (secondary N) is 1. The number of sulfonamides is 1. The van der Waals surface area contributed by atoms with Crippen molar-refractivity contribution in [3.05, 3.63) is 48.4 Å². The molecule has 1 aliphatic rings. The van der Waals surface area contributed by atoms with E-state index in [2.05, 4.69) is 5.32 Å². The number of amides is 1. The second-order valence-electron chi connectivity index (χ2n) is 7.38. The molecule has 1 aliphatic heterocycles. The molecular weight excluding hydrogens is 392 g/mol. The molecule has 1 saturated heterocycles. The molecule has 8 heteroatoms. The Labute approximate surface area is 172 Å². The molecule has 2 heterocycles. The zero-order valence-electron chi connectivity index (χ0n) is 16.8. The van der Waals surface area contributed by atoms with Crippen molar-refractivity contribution in [1.82, 2.24) is 9.62 Å². The Bertz CT molecular complexity index is 886. The topological polar surface area (TPSA) is 88.9 Å². The van der Waals surface area contributed by atoms with Crippen molar-refractivity contribution in [2.75, 3.05) is 20.2 Å². The minimum Gasteiger partial charge on any atom is -0.497 e. The molecule has 7 nitrogen and oxygen atoms in total. The van der Waals surface area contributed by atoms with E-state index in [1.807, 2.05) is 19.1 Å². The lowest BCUT2D eigenvalue weighted by molar-refractivity contribution is -0.126. The van der Waals surface area contributed by atoms with Crippen LogP contribution < -0.4 is 10.1 Å². The van der Waals surface area contributed by atoms with E-state index >= 15 is 0 Å². The van der Waals surface area contributed by atoms with Crippen molar-refractivity contribution in [3.63, 3.8) is 0 Å². The lowest BCUT2D eigenvalue weighted by atomic mass is 9.96. The zero-order valence-corrected chi connectivity index (χ0v) is 17.7. The summed E-state index contributed by atoms with van der Waals surface area (Å²) in [5, 5.41) is 3.05.